The topological polar surface area (TPSA) is 93.4 Å². The number of likely N-dealkylation sites (tertiary alicyclic amines) is 1. The van der Waals surface area contributed by atoms with Crippen LogP contribution in [0.5, 0.6) is 0 Å². The van der Waals surface area contributed by atoms with Gasteiger partial charge in [-0.2, -0.15) is 13.2 Å². The number of ether oxygens (including phenoxy) is 1. The molecule has 0 radical (unpaired) electrons. The van der Waals surface area contributed by atoms with Gasteiger partial charge in [0.15, 0.2) is 5.54 Å². The van der Waals surface area contributed by atoms with Crippen molar-refractivity contribution in [3.05, 3.63) is 53.9 Å². The molecular weight excluding hydrogens is 475 g/mol. The lowest BCUT2D eigenvalue weighted by Crippen LogP contribution is -2.72. The highest BCUT2D eigenvalue weighted by Gasteiger charge is 2.63. The number of fused-ring (bicyclic) bond motifs is 1. The van der Waals surface area contributed by atoms with Crippen LogP contribution in [-0.2, 0) is 21.5 Å². The molecule has 2 aromatic heterocycles. The quantitative estimate of drug-likeness (QED) is 0.526. The molecule has 1 atom stereocenters. The SMILES string of the molecule is CC(C)(c1ccccn1)N1CC[C@@](CCc2ccc3nonc3c2)(C(=O)NC2(C(F)(F)F)COC2)C1. The van der Waals surface area contributed by atoms with E-state index in [9.17, 15) is 18.0 Å². The number of nitrogens with one attached hydrogen (secondary N) is 1. The second-order valence-electron chi connectivity index (χ2n) is 10.3. The number of aryl methyl sites for hydroxylation is 1. The molecule has 0 saturated carbocycles. The molecule has 2 aliphatic rings. The van der Waals surface area contributed by atoms with Crippen LogP contribution in [-0.4, -0.2) is 64.1 Å². The number of hydrogen-bond donors (Lipinski definition) is 1. The summed E-state index contributed by atoms with van der Waals surface area (Å²) in [6.45, 7) is 3.76. The minimum absolute atomic E-state index is 0.310. The number of nitrogens with zero attached hydrogens (tertiary/aromatic N) is 4. The molecule has 2 fully saturated rings. The van der Waals surface area contributed by atoms with Crippen molar-refractivity contribution in [2.24, 2.45) is 5.41 Å². The van der Waals surface area contributed by atoms with E-state index in [1.54, 1.807) is 12.3 Å². The number of pyridine rings is 1. The van der Waals surface area contributed by atoms with Crippen LogP contribution in [0.2, 0.25) is 0 Å². The van der Waals surface area contributed by atoms with Gasteiger partial charge in [-0.1, -0.05) is 12.1 Å². The second kappa shape index (κ2) is 8.81. The Bertz CT molecular complexity index is 1240. The fraction of sp³-hybridized carbons (Fsp3) is 0.520. The molecule has 2 saturated heterocycles. The average molecular weight is 504 g/mol. The van der Waals surface area contributed by atoms with E-state index < -0.39 is 41.8 Å². The van der Waals surface area contributed by atoms with Gasteiger partial charge in [-0.3, -0.25) is 14.7 Å². The van der Waals surface area contributed by atoms with E-state index in [2.05, 4.69) is 25.5 Å². The average Bonchev–Trinajstić information content (AvgIpc) is 3.47. The number of amides is 1. The Balaban J connectivity index is 1.42. The summed E-state index contributed by atoms with van der Waals surface area (Å²) in [4.78, 5) is 20.3. The number of aromatic nitrogens is 3. The van der Waals surface area contributed by atoms with Gasteiger partial charge in [-0.25, -0.2) is 4.63 Å². The molecule has 8 nitrogen and oxygen atoms in total. The molecule has 0 spiro atoms. The Kier molecular flexibility index (Phi) is 6.03. The third-order valence-corrected chi connectivity index (χ3v) is 7.72. The van der Waals surface area contributed by atoms with E-state index in [0.29, 0.717) is 43.4 Å². The van der Waals surface area contributed by atoms with Crippen molar-refractivity contribution in [2.75, 3.05) is 26.3 Å². The smallest absolute Gasteiger partial charge is 0.376 e. The Hall–Kier alpha value is -3.05. The van der Waals surface area contributed by atoms with Crippen LogP contribution in [0.4, 0.5) is 13.2 Å². The van der Waals surface area contributed by atoms with E-state index in [0.717, 1.165) is 11.3 Å². The Morgan fingerprint density at radius 3 is 2.58 bits per heavy atom. The van der Waals surface area contributed by atoms with E-state index in [-0.39, 0.29) is 0 Å². The molecule has 5 rings (SSSR count). The van der Waals surface area contributed by atoms with Gasteiger partial charge < -0.3 is 10.1 Å². The lowest BCUT2D eigenvalue weighted by Gasteiger charge is -2.45. The molecule has 36 heavy (non-hydrogen) atoms. The van der Waals surface area contributed by atoms with E-state index >= 15 is 0 Å². The van der Waals surface area contributed by atoms with Gasteiger partial charge in [0.05, 0.1) is 29.9 Å². The van der Waals surface area contributed by atoms with Crippen LogP contribution >= 0.6 is 0 Å². The first-order chi connectivity index (χ1) is 17.0. The molecule has 3 aromatic rings. The molecule has 2 aliphatic heterocycles. The molecule has 1 aromatic carbocycles. The fourth-order valence-electron chi connectivity index (χ4n) is 5.07. The largest absolute Gasteiger partial charge is 0.416 e. The number of carbonyl (C=O) groups excluding carboxylic acids is 1. The Labute approximate surface area is 206 Å². The lowest BCUT2D eigenvalue weighted by atomic mass is 9.79. The fourth-order valence-corrected chi connectivity index (χ4v) is 5.07. The molecule has 11 heteroatoms. The summed E-state index contributed by atoms with van der Waals surface area (Å²) in [6, 6.07) is 11.1. The maximum atomic E-state index is 13.8. The molecule has 192 valence electrons. The summed E-state index contributed by atoms with van der Waals surface area (Å²) in [6.07, 6.45) is -1.59. The van der Waals surface area contributed by atoms with Crippen molar-refractivity contribution in [3.63, 3.8) is 0 Å². The number of hydrogen-bond acceptors (Lipinski definition) is 7. The highest BCUT2D eigenvalue weighted by molar-refractivity contribution is 5.84. The third kappa shape index (κ3) is 4.24. The third-order valence-electron chi connectivity index (χ3n) is 7.72. The normalized spacial score (nSPS) is 22.5. The highest BCUT2D eigenvalue weighted by atomic mass is 19.4. The van der Waals surface area contributed by atoms with Crippen molar-refractivity contribution in [1.82, 2.24) is 25.5 Å². The molecule has 0 aliphatic carbocycles. The van der Waals surface area contributed by atoms with Crippen molar-refractivity contribution < 1.29 is 27.3 Å². The first-order valence-electron chi connectivity index (χ1n) is 11.9. The van der Waals surface area contributed by atoms with Crippen LogP contribution in [0.1, 0.15) is 37.9 Å². The first kappa shape index (κ1) is 24.6. The summed E-state index contributed by atoms with van der Waals surface area (Å²) in [5.41, 5.74) is -0.904. The summed E-state index contributed by atoms with van der Waals surface area (Å²) in [7, 11) is 0. The molecule has 0 bridgehead atoms. The van der Waals surface area contributed by atoms with Crippen LogP contribution in [0.15, 0.2) is 47.2 Å². The number of rotatable bonds is 7. The number of benzene rings is 1. The zero-order chi connectivity index (χ0) is 25.6. The molecular formula is C25H28F3N5O3. The van der Waals surface area contributed by atoms with Gasteiger partial charge in [0.1, 0.15) is 11.0 Å². The van der Waals surface area contributed by atoms with E-state index in [1.165, 1.54) is 0 Å². The van der Waals surface area contributed by atoms with Gasteiger partial charge in [0.2, 0.25) is 5.91 Å². The second-order valence-corrected chi connectivity index (χ2v) is 10.3. The van der Waals surface area contributed by atoms with E-state index in [1.807, 2.05) is 44.2 Å². The highest BCUT2D eigenvalue weighted by Crippen LogP contribution is 2.43. The predicted molar refractivity (Wildman–Crippen MR) is 124 cm³/mol. The molecule has 0 unspecified atom stereocenters. The van der Waals surface area contributed by atoms with Crippen molar-refractivity contribution in [2.45, 2.75) is 50.4 Å². The minimum atomic E-state index is -4.60. The Morgan fingerprint density at radius 1 is 1.14 bits per heavy atom. The van der Waals surface area contributed by atoms with Gasteiger partial charge in [-0.15, -0.1) is 0 Å². The zero-order valence-electron chi connectivity index (χ0n) is 20.1. The van der Waals surface area contributed by atoms with Crippen molar-refractivity contribution in [3.8, 4) is 0 Å². The standard InChI is InChI=1S/C25H28F3N5O3/c1-22(2,20-5-3-4-11-29-20)33-12-10-23(14-33,21(34)30-24(15-35-16-24)25(26,27)28)9-8-17-6-7-18-19(13-17)32-36-31-18/h3-7,11,13H,8-10,12,14-16H2,1-2H3,(H,30,34)/t23-/m1/s1. The van der Waals surface area contributed by atoms with Gasteiger partial charge in [0, 0.05) is 19.3 Å². The van der Waals surface area contributed by atoms with Crippen LogP contribution in [0, 0.1) is 5.41 Å². The lowest BCUT2D eigenvalue weighted by molar-refractivity contribution is -0.267. The molecule has 4 heterocycles. The van der Waals surface area contributed by atoms with Crippen molar-refractivity contribution in [1.29, 1.82) is 0 Å². The maximum Gasteiger partial charge on any atom is 0.416 e. The maximum absolute atomic E-state index is 13.8. The van der Waals surface area contributed by atoms with Crippen LogP contribution in [0.3, 0.4) is 0 Å². The number of halogens is 3. The number of carbonyl (C=O) groups is 1. The van der Waals surface area contributed by atoms with Crippen molar-refractivity contribution >= 4 is 16.9 Å². The van der Waals surface area contributed by atoms with Gasteiger partial charge in [-0.05, 0) is 73.3 Å². The summed E-state index contributed by atoms with van der Waals surface area (Å²) in [5.74, 6) is -0.591. The predicted octanol–water partition coefficient (Wildman–Crippen LogP) is 3.63. The summed E-state index contributed by atoms with van der Waals surface area (Å²) < 4.78 is 51.2. The zero-order valence-corrected chi connectivity index (χ0v) is 20.1. The van der Waals surface area contributed by atoms with Gasteiger partial charge >= 0.3 is 6.18 Å². The van der Waals surface area contributed by atoms with E-state index in [4.69, 9.17) is 9.37 Å². The molecule has 1 amide bonds. The minimum Gasteiger partial charge on any atom is -0.376 e. The molecule has 1 N–H and O–H groups in total. The monoisotopic (exact) mass is 503 g/mol. The Morgan fingerprint density at radius 2 is 1.92 bits per heavy atom. The summed E-state index contributed by atoms with van der Waals surface area (Å²) in [5, 5.41) is 10.0. The number of alkyl halides is 3. The summed E-state index contributed by atoms with van der Waals surface area (Å²) >= 11 is 0. The van der Waals surface area contributed by atoms with Crippen LogP contribution < -0.4 is 5.32 Å². The first-order valence-corrected chi connectivity index (χ1v) is 11.9. The van der Waals surface area contributed by atoms with Gasteiger partial charge in [0.25, 0.3) is 0 Å². The van der Waals surface area contributed by atoms with Crippen LogP contribution in [0.25, 0.3) is 11.0 Å².